The highest BCUT2D eigenvalue weighted by Gasteiger charge is 2.39. The number of fused-ring (bicyclic) bond motifs is 1. The van der Waals surface area contributed by atoms with E-state index < -0.39 is 29.4 Å². The number of hydrogen-bond donors (Lipinski definition) is 1. The fourth-order valence-electron chi connectivity index (χ4n) is 3.57. The van der Waals surface area contributed by atoms with Crippen molar-refractivity contribution in [2.45, 2.75) is 39.4 Å². The van der Waals surface area contributed by atoms with E-state index in [-0.39, 0.29) is 23.1 Å². The van der Waals surface area contributed by atoms with Gasteiger partial charge in [-0.1, -0.05) is 6.92 Å². The molecule has 0 aliphatic carbocycles. The van der Waals surface area contributed by atoms with Gasteiger partial charge < -0.3 is 14.8 Å². The summed E-state index contributed by atoms with van der Waals surface area (Å²) < 4.78 is 52.2. The zero-order chi connectivity index (χ0) is 24.5. The van der Waals surface area contributed by atoms with Crippen molar-refractivity contribution in [2.75, 3.05) is 19.5 Å². The van der Waals surface area contributed by atoms with Crippen LogP contribution >= 0.6 is 0 Å². The van der Waals surface area contributed by atoms with Crippen molar-refractivity contribution in [3.05, 3.63) is 57.5 Å². The van der Waals surface area contributed by atoms with E-state index in [9.17, 15) is 22.8 Å². The van der Waals surface area contributed by atoms with E-state index in [2.05, 4.69) is 10.3 Å². The molecule has 0 bridgehead atoms. The minimum Gasteiger partial charge on any atom is -0.497 e. The summed E-state index contributed by atoms with van der Waals surface area (Å²) in [4.78, 5) is 29.8. The molecule has 0 spiro atoms. The van der Waals surface area contributed by atoms with Crippen LogP contribution in [-0.2, 0) is 11.0 Å². The number of ether oxygens (including phenoxy) is 2. The van der Waals surface area contributed by atoms with Gasteiger partial charge >= 0.3 is 6.18 Å². The van der Waals surface area contributed by atoms with Crippen LogP contribution in [-0.4, -0.2) is 29.7 Å². The van der Waals surface area contributed by atoms with Crippen LogP contribution in [0.1, 0.15) is 36.2 Å². The summed E-state index contributed by atoms with van der Waals surface area (Å²) in [6.07, 6.45) is -4.92. The quantitative estimate of drug-likeness (QED) is 0.576. The van der Waals surface area contributed by atoms with Crippen LogP contribution in [0.25, 0.3) is 11.0 Å². The third-order valence-corrected chi connectivity index (χ3v) is 5.44. The molecule has 1 aromatic heterocycles. The molecule has 0 fully saturated rings. The normalized spacial score (nSPS) is 12.5. The summed E-state index contributed by atoms with van der Waals surface area (Å²) in [5, 5.41) is 2.66. The van der Waals surface area contributed by atoms with Crippen molar-refractivity contribution in [3.8, 4) is 11.5 Å². The van der Waals surface area contributed by atoms with E-state index in [4.69, 9.17) is 9.47 Å². The molecule has 33 heavy (non-hydrogen) atoms. The number of nitrogens with zero attached hydrogens (tertiary/aromatic N) is 2. The number of amides is 1. The lowest BCUT2D eigenvalue weighted by Gasteiger charge is -2.22. The van der Waals surface area contributed by atoms with Gasteiger partial charge in [0.25, 0.3) is 5.56 Å². The second kappa shape index (κ2) is 9.13. The molecule has 1 amide bonds. The van der Waals surface area contributed by atoms with E-state index in [0.29, 0.717) is 17.1 Å². The van der Waals surface area contributed by atoms with Crippen molar-refractivity contribution in [1.82, 2.24) is 9.55 Å². The highest BCUT2D eigenvalue weighted by atomic mass is 19.4. The van der Waals surface area contributed by atoms with E-state index in [1.165, 1.54) is 26.4 Å². The van der Waals surface area contributed by atoms with Gasteiger partial charge in [0.1, 0.15) is 17.5 Å². The number of rotatable bonds is 6. The summed E-state index contributed by atoms with van der Waals surface area (Å²) in [7, 11) is 2.87. The van der Waals surface area contributed by atoms with Crippen molar-refractivity contribution in [3.63, 3.8) is 0 Å². The average Bonchev–Trinajstić information content (AvgIpc) is 2.76. The molecule has 3 aromatic rings. The lowest BCUT2D eigenvalue weighted by Crippen LogP contribution is -2.37. The number of aryl methyl sites for hydroxylation is 2. The van der Waals surface area contributed by atoms with Crippen LogP contribution in [0.2, 0.25) is 0 Å². The van der Waals surface area contributed by atoms with Gasteiger partial charge in [-0.15, -0.1) is 0 Å². The van der Waals surface area contributed by atoms with E-state index in [1.807, 2.05) is 0 Å². The molecule has 176 valence electrons. The summed E-state index contributed by atoms with van der Waals surface area (Å²) >= 11 is 0. The predicted molar refractivity (Wildman–Crippen MR) is 118 cm³/mol. The molecule has 0 radical (unpaired) electrons. The molecule has 0 saturated heterocycles. The fraction of sp³-hybridized carbons (Fsp3) is 0.348. The molecule has 10 heteroatoms. The molecule has 3 rings (SSSR count). The minimum absolute atomic E-state index is 0.0183. The molecule has 0 aliphatic heterocycles. The van der Waals surface area contributed by atoms with E-state index in [1.54, 1.807) is 39.0 Å². The second-order valence-corrected chi connectivity index (χ2v) is 7.54. The van der Waals surface area contributed by atoms with Gasteiger partial charge in [-0.3, -0.25) is 14.2 Å². The van der Waals surface area contributed by atoms with Crippen LogP contribution in [0, 0.1) is 13.8 Å². The summed E-state index contributed by atoms with van der Waals surface area (Å²) in [6.45, 7) is 5.11. The smallest absolute Gasteiger partial charge is 0.438 e. The number of benzene rings is 2. The molecule has 2 aromatic carbocycles. The van der Waals surface area contributed by atoms with Crippen LogP contribution in [0.4, 0.5) is 18.9 Å². The van der Waals surface area contributed by atoms with E-state index >= 15 is 0 Å². The largest absolute Gasteiger partial charge is 0.497 e. The van der Waals surface area contributed by atoms with Crippen molar-refractivity contribution >= 4 is 22.6 Å². The Hall–Kier alpha value is -3.56. The molecule has 1 atom stereocenters. The third-order valence-electron chi connectivity index (χ3n) is 5.44. The number of carbonyl (C=O) groups is 1. The number of alkyl halides is 3. The number of halogens is 3. The Labute approximate surface area is 188 Å². The number of nitrogens with one attached hydrogen (secondary N) is 1. The van der Waals surface area contributed by atoms with Gasteiger partial charge in [0.15, 0.2) is 0 Å². The number of hydrogen-bond acceptors (Lipinski definition) is 5. The molecule has 0 saturated carbocycles. The summed E-state index contributed by atoms with van der Waals surface area (Å²) in [6, 6.07) is 6.55. The molecule has 1 N–H and O–H groups in total. The zero-order valence-electron chi connectivity index (χ0n) is 18.8. The monoisotopic (exact) mass is 463 g/mol. The first-order valence-electron chi connectivity index (χ1n) is 10.1. The van der Waals surface area contributed by atoms with Crippen molar-refractivity contribution in [1.29, 1.82) is 0 Å². The van der Waals surface area contributed by atoms with Crippen LogP contribution < -0.4 is 20.3 Å². The maximum Gasteiger partial charge on any atom is 0.438 e. The lowest BCUT2D eigenvalue weighted by atomic mass is 10.1. The molecule has 0 aliphatic rings. The van der Waals surface area contributed by atoms with Crippen LogP contribution in [0.15, 0.2) is 35.1 Å². The highest BCUT2D eigenvalue weighted by molar-refractivity contribution is 5.96. The Morgan fingerprint density at radius 3 is 2.36 bits per heavy atom. The first-order valence-corrected chi connectivity index (χ1v) is 10.1. The maximum atomic E-state index is 13.6. The number of methoxy groups -OCH3 is 2. The van der Waals surface area contributed by atoms with Crippen molar-refractivity contribution in [2.24, 2.45) is 0 Å². The Morgan fingerprint density at radius 2 is 1.79 bits per heavy atom. The highest BCUT2D eigenvalue weighted by Crippen LogP contribution is 2.32. The second-order valence-electron chi connectivity index (χ2n) is 7.54. The Bertz CT molecular complexity index is 1270. The Morgan fingerprint density at radius 1 is 1.12 bits per heavy atom. The lowest BCUT2D eigenvalue weighted by molar-refractivity contribution is -0.142. The molecular formula is C23H24F3N3O4. The van der Waals surface area contributed by atoms with Crippen LogP contribution in [0.3, 0.4) is 0 Å². The molecular weight excluding hydrogens is 439 g/mol. The van der Waals surface area contributed by atoms with Gasteiger partial charge in [-0.25, -0.2) is 4.98 Å². The van der Waals surface area contributed by atoms with Gasteiger partial charge in [-0.05, 0) is 55.7 Å². The first-order chi connectivity index (χ1) is 15.5. The van der Waals surface area contributed by atoms with Crippen molar-refractivity contribution < 1.29 is 27.4 Å². The number of aromatic nitrogens is 2. The standard InChI is InChI=1S/C23H24F3N3O4/c1-6-17(21(30)28-16-11-14(32-4)7-8-19(16)33-5)29-18-10-13(3)12(2)9-15(18)27-20(22(29)31)23(24,25)26/h7-11,17H,6H2,1-5H3,(H,28,30). The van der Waals surface area contributed by atoms with Gasteiger partial charge in [0.05, 0.1) is 30.9 Å². The van der Waals surface area contributed by atoms with Gasteiger partial charge in [0.2, 0.25) is 11.6 Å². The summed E-state index contributed by atoms with van der Waals surface area (Å²) in [5.41, 5.74) is -1.09. The summed E-state index contributed by atoms with van der Waals surface area (Å²) in [5.74, 6) is 0.0922. The first kappa shape index (κ1) is 24.1. The van der Waals surface area contributed by atoms with E-state index in [0.717, 1.165) is 10.1 Å². The molecule has 7 nitrogen and oxygen atoms in total. The number of carbonyl (C=O) groups excluding carboxylic acids is 1. The Balaban J connectivity index is 2.21. The fourth-order valence-corrected chi connectivity index (χ4v) is 3.57. The topological polar surface area (TPSA) is 82.5 Å². The average molecular weight is 463 g/mol. The predicted octanol–water partition coefficient (Wildman–Crippen LogP) is 4.64. The SMILES string of the molecule is CCC(C(=O)Nc1cc(OC)ccc1OC)n1c(=O)c(C(F)(F)F)nc2cc(C)c(C)cc21. The molecule has 1 unspecified atom stereocenters. The zero-order valence-corrected chi connectivity index (χ0v) is 18.8. The van der Waals surface area contributed by atoms with Gasteiger partial charge in [0, 0.05) is 6.07 Å². The third kappa shape index (κ3) is 4.64. The Kier molecular flexibility index (Phi) is 6.66. The minimum atomic E-state index is -4.98. The maximum absolute atomic E-state index is 13.6. The number of anilines is 1. The van der Waals surface area contributed by atoms with Gasteiger partial charge in [-0.2, -0.15) is 13.2 Å². The van der Waals surface area contributed by atoms with Crippen LogP contribution in [0.5, 0.6) is 11.5 Å². The molecule has 1 heterocycles.